The predicted molar refractivity (Wildman–Crippen MR) is 68.2 cm³/mol. The average molecular weight is 252 g/mol. The first-order valence-corrected chi connectivity index (χ1v) is 5.91. The molecule has 0 radical (unpaired) electrons. The maximum Gasteiger partial charge on any atom is 0.250 e. The number of anilines is 1. The highest BCUT2D eigenvalue weighted by Gasteiger charge is 2.13. The molecule has 5 heteroatoms. The Morgan fingerprint density at radius 2 is 2.35 bits per heavy atom. The predicted octanol–water partition coefficient (Wildman–Crippen LogP) is 2.35. The molecule has 1 aromatic heterocycles. The highest BCUT2D eigenvalue weighted by molar-refractivity contribution is 6.33. The summed E-state index contributed by atoms with van der Waals surface area (Å²) in [5.41, 5.74) is 5.47. The molecule has 4 nitrogen and oxygen atoms in total. The molecule has 17 heavy (non-hydrogen) atoms. The lowest BCUT2D eigenvalue weighted by molar-refractivity contribution is 0.1000. The van der Waals surface area contributed by atoms with E-state index < -0.39 is 5.91 Å². The molecular formula is C12H14ClN3O. The number of rotatable bonds is 3. The zero-order valence-electron chi connectivity index (χ0n) is 9.32. The van der Waals surface area contributed by atoms with E-state index in [1.807, 2.05) is 0 Å². The van der Waals surface area contributed by atoms with Crippen molar-refractivity contribution in [3.63, 3.8) is 0 Å². The molecule has 1 amide bonds. The molecule has 1 aliphatic rings. The summed E-state index contributed by atoms with van der Waals surface area (Å²) in [6, 6.07) is 1.89. The van der Waals surface area contributed by atoms with Gasteiger partial charge in [0.15, 0.2) is 0 Å². The van der Waals surface area contributed by atoms with Gasteiger partial charge in [-0.2, -0.15) is 0 Å². The maximum atomic E-state index is 10.9. The van der Waals surface area contributed by atoms with Crippen molar-refractivity contribution in [2.24, 2.45) is 5.73 Å². The SMILES string of the molecule is NC(=O)c1cnc(NC2CC=CCC2)c(Cl)c1. The highest BCUT2D eigenvalue weighted by Crippen LogP contribution is 2.23. The zero-order chi connectivity index (χ0) is 12.3. The number of nitrogens with two attached hydrogens (primary N) is 1. The Balaban J connectivity index is 2.11. The minimum Gasteiger partial charge on any atom is -0.366 e. The third kappa shape index (κ3) is 2.97. The van der Waals surface area contributed by atoms with Crippen LogP contribution in [0.4, 0.5) is 5.82 Å². The van der Waals surface area contributed by atoms with Crippen LogP contribution >= 0.6 is 11.6 Å². The summed E-state index contributed by atoms with van der Waals surface area (Å²) in [7, 11) is 0. The summed E-state index contributed by atoms with van der Waals surface area (Å²) in [5.74, 6) is 0.0866. The van der Waals surface area contributed by atoms with E-state index in [9.17, 15) is 4.79 Å². The van der Waals surface area contributed by atoms with Crippen molar-refractivity contribution >= 4 is 23.3 Å². The third-order valence-electron chi connectivity index (χ3n) is 2.74. The summed E-state index contributed by atoms with van der Waals surface area (Å²) in [6.07, 6.45) is 8.85. The van der Waals surface area contributed by atoms with Crippen molar-refractivity contribution in [2.45, 2.75) is 25.3 Å². The van der Waals surface area contributed by atoms with Gasteiger partial charge in [-0.25, -0.2) is 4.98 Å². The van der Waals surface area contributed by atoms with E-state index in [0.29, 0.717) is 22.4 Å². The van der Waals surface area contributed by atoms with Gasteiger partial charge in [0.25, 0.3) is 0 Å². The van der Waals surface area contributed by atoms with E-state index in [-0.39, 0.29) is 0 Å². The lowest BCUT2D eigenvalue weighted by Gasteiger charge is -2.20. The van der Waals surface area contributed by atoms with Crippen LogP contribution in [-0.2, 0) is 0 Å². The van der Waals surface area contributed by atoms with Gasteiger partial charge in [-0.05, 0) is 25.3 Å². The number of nitrogens with one attached hydrogen (secondary N) is 1. The van der Waals surface area contributed by atoms with Crippen LogP contribution in [0, 0.1) is 0 Å². The summed E-state index contributed by atoms with van der Waals surface area (Å²) < 4.78 is 0. The fraction of sp³-hybridized carbons (Fsp3) is 0.333. The van der Waals surface area contributed by atoms with E-state index in [1.165, 1.54) is 12.3 Å². The Kier molecular flexibility index (Phi) is 3.64. The second kappa shape index (κ2) is 5.19. The van der Waals surface area contributed by atoms with Crippen LogP contribution in [0.1, 0.15) is 29.6 Å². The molecule has 0 spiro atoms. The monoisotopic (exact) mass is 251 g/mol. The summed E-state index contributed by atoms with van der Waals surface area (Å²) >= 11 is 6.04. The second-order valence-corrected chi connectivity index (χ2v) is 4.45. The van der Waals surface area contributed by atoms with E-state index in [2.05, 4.69) is 22.5 Å². The summed E-state index contributed by atoms with van der Waals surface area (Å²) in [6.45, 7) is 0. The molecule has 1 unspecified atom stereocenters. The fourth-order valence-electron chi connectivity index (χ4n) is 1.80. The number of pyridine rings is 1. The first kappa shape index (κ1) is 11.9. The third-order valence-corrected chi connectivity index (χ3v) is 3.02. The molecule has 0 fully saturated rings. The molecular weight excluding hydrogens is 238 g/mol. The van der Waals surface area contributed by atoms with E-state index in [1.54, 1.807) is 0 Å². The molecule has 0 aliphatic heterocycles. The number of primary amides is 1. The molecule has 90 valence electrons. The molecule has 1 atom stereocenters. The van der Waals surface area contributed by atoms with Crippen LogP contribution in [0.25, 0.3) is 0 Å². The number of hydrogen-bond donors (Lipinski definition) is 2. The maximum absolute atomic E-state index is 10.9. The van der Waals surface area contributed by atoms with Crippen LogP contribution in [0.15, 0.2) is 24.4 Å². The van der Waals surface area contributed by atoms with Crippen LogP contribution < -0.4 is 11.1 Å². The Labute approximate surface area is 105 Å². The van der Waals surface area contributed by atoms with Crippen LogP contribution in [0.3, 0.4) is 0 Å². The number of amides is 1. The molecule has 1 aromatic rings. The molecule has 0 aromatic carbocycles. The Hall–Kier alpha value is -1.55. The van der Waals surface area contributed by atoms with Crippen molar-refractivity contribution in [3.05, 3.63) is 35.0 Å². The van der Waals surface area contributed by atoms with Gasteiger partial charge in [0, 0.05) is 12.2 Å². The van der Waals surface area contributed by atoms with Crippen molar-refractivity contribution in [1.82, 2.24) is 4.98 Å². The standard InChI is InChI=1S/C12H14ClN3O/c13-10-6-8(11(14)17)7-15-12(10)16-9-4-2-1-3-5-9/h1-2,6-7,9H,3-5H2,(H2,14,17)(H,15,16). The Morgan fingerprint density at radius 1 is 1.53 bits per heavy atom. The van der Waals surface area contributed by atoms with Gasteiger partial charge in [-0.3, -0.25) is 4.79 Å². The Bertz CT molecular complexity index is 459. The van der Waals surface area contributed by atoms with Crippen molar-refractivity contribution in [3.8, 4) is 0 Å². The van der Waals surface area contributed by atoms with E-state index >= 15 is 0 Å². The minimum atomic E-state index is -0.522. The van der Waals surface area contributed by atoms with Crippen molar-refractivity contribution in [2.75, 3.05) is 5.32 Å². The number of aromatic nitrogens is 1. The van der Waals surface area contributed by atoms with Gasteiger partial charge in [-0.15, -0.1) is 0 Å². The van der Waals surface area contributed by atoms with Gasteiger partial charge in [0.2, 0.25) is 5.91 Å². The van der Waals surface area contributed by atoms with Gasteiger partial charge >= 0.3 is 0 Å². The number of carbonyl (C=O) groups excluding carboxylic acids is 1. The normalized spacial score (nSPS) is 19.0. The molecule has 0 bridgehead atoms. The number of allylic oxidation sites excluding steroid dienone is 1. The first-order valence-electron chi connectivity index (χ1n) is 5.53. The number of hydrogen-bond acceptors (Lipinski definition) is 3. The highest BCUT2D eigenvalue weighted by atomic mass is 35.5. The molecule has 0 saturated heterocycles. The topological polar surface area (TPSA) is 68.0 Å². The van der Waals surface area contributed by atoms with Crippen LogP contribution in [0.2, 0.25) is 5.02 Å². The smallest absolute Gasteiger partial charge is 0.250 e. The molecule has 2 rings (SSSR count). The quantitative estimate of drug-likeness (QED) is 0.811. The molecule has 0 saturated carbocycles. The fourth-order valence-corrected chi connectivity index (χ4v) is 2.02. The van der Waals surface area contributed by atoms with Gasteiger partial charge in [-0.1, -0.05) is 23.8 Å². The minimum absolute atomic E-state index is 0.323. The molecule has 1 aliphatic carbocycles. The molecule has 3 N–H and O–H groups in total. The van der Waals surface area contributed by atoms with Crippen molar-refractivity contribution < 1.29 is 4.79 Å². The number of nitrogens with zero attached hydrogens (tertiary/aromatic N) is 1. The summed E-state index contributed by atoms with van der Waals surface area (Å²) in [5, 5.41) is 3.70. The van der Waals surface area contributed by atoms with Crippen LogP contribution in [-0.4, -0.2) is 16.9 Å². The number of carbonyl (C=O) groups is 1. The van der Waals surface area contributed by atoms with Gasteiger partial charge in [0.1, 0.15) is 5.82 Å². The Morgan fingerprint density at radius 3 is 2.94 bits per heavy atom. The van der Waals surface area contributed by atoms with E-state index in [4.69, 9.17) is 17.3 Å². The second-order valence-electron chi connectivity index (χ2n) is 4.04. The molecule has 1 heterocycles. The lowest BCUT2D eigenvalue weighted by Crippen LogP contribution is -2.21. The van der Waals surface area contributed by atoms with Crippen molar-refractivity contribution in [1.29, 1.82) is 0 Å². The van der Waals surface area contributed by atoms with E-state index in [0.717, 1.165) is 19.3 Å². The zero-order valence-corrected chi connectivity index (χ0v) is 10.1. The largest absolute Gasteiger partial charge is 0.366 e. The van der Waals surface area contributed by atoms with Gasteiger partial charge in [0.05, 0.1) is 10.6 Å². The average Bonchev–Trinajstić information content (AvgIpc) is 2.33. The summed E-state index contributed by atoms with van der Waals surface area (Å²) in [4.78, 5) is 15.1. The van der Waals surface area contributed by atoms with Gasteiger partial charge < -0.3 is 11.1 Å². The van der Waals surface area contributed by atoms with Crippen LogP contribution in [0.5, 0.6) is 0 Å². The lowest BCUT2D eigenvalue weighted by atomic mass is 10.0. The first-order chi connectivity index (χ1) is 8.16. The number of halogens is 1.